The van der Waals surface area contributed by atoms with Crippen LogP contribution in [0.3, 0.4) is 0 Å². The Kier molecular flexibility index (Phi) is 4.16. The molecule has 1 aliphatic heterocycles. The minimum atomic E-state index is -0.156. The number of anilines is 1. The summed E-state index contributed by atoms with van der Waals surface area (Å²) in [7, 11) is 4.04. The summed E-state index contributed by atoms with van der Waals surface area (Å²) in [6.07, 6.45) is 2.23. The smallest absolute Gasteiger partial charge is 0.131 e. The zero-order valence-corrected chi connectivity index (χ0v) is 13.5. The van der Waals surface area contributed by atoms with Gasteiger partial charge in [0, 0.05) is 30.9 Å². The van der Waals surface area contributed by atoms with Crippen molar-refractivity contribution in [2.75, 3.05) is 25.5 Å². The monoisotopic (exact) mass is 298 g/mol. The van der Waals surface area contributed by atoms with E-state index in [1.807, 2.05) is 25.2 Å². The topological polar surface area (TPSA) is 15.3 Å². The highest BCUT2D eigenvalue weighted by Gasteiger charge is 2.16. The first-order valence-corrected chi connectivity index (χ1v) is 7.91. The third-order valence-electron chi connectivity index (χ3n) is 4.66. The van der Waals surface area contributed by atoms with Gasteiger partial charge in [-0.1, -0.05) is 12.1 Å². The van der Waals surface area contributed by atoms with Gasteiger partial charge in [-0.3, -0.25) is 0 Å². The zero-order chi connectivity index (χ0) is 15.7. The first-order chi connectivity index (χ1) is 10.6. The molecule has 3 heteroatoms. The third kappa shape index (κ3) is 2.73. The van der Waals surface area contributed by atoms with E-state index >= 15 is 0 Å². The van der Waals surface area contributed by atoms with Gasteiger partial charge in [0.25, 0.3) is 0 Å². The maximum atomic E-state index is 14.3. The van der Waals surface area contributed by atoms with Crippen LogP contribution in [0.5, 0.6) is 0 Å². The van der Waals surface area contributed by atoms with Gasteiger partial charge in [0.15, 0.2) is 0 Å². The number of hydrogen-bond acceptors (Lipinski definition) is 2. The van der Waals surface area contributed by atoms with Crippen LogP contribution in [0, 0.1) is 5.82 Å². The molecule has 0 aromatic heterocycles. The van der Waals surface area contributed by atoms with Gasteiger partial charge >= 0.3 is 0 Å². The van der Waals surface area contributed by atoms with E-state index in [1.54, 1.807) is 6.07 Å². The Morgan fingerprint density at radius 1 is 1.18 bits per heavy atom. The van der Waals surface area contributed by atoms with Gasteiger partial charge in [-0.2, -0.15) is 0 Å². The van der Waals surface area contributed by atoms with Crippen molar-refractivity contribution in [3.63, 3.8) is 0 Å². The lowest BCUT2D eigenvalue weighted by Gasteiger charge is -2.28. The van der Waals surface area contributed by atoms with Crippen molar-refractivity contribution >= 4 is 5.69 Å². The quantitative estimate of drug-likeness (QED) is 0.915. The molecule has 0 radical (unpaired) electrons. The van der Waals surface area contributed by atoms with Crippen LogP contribution in [0.25, 0.3) is 11.1 Å². The molecule has 2 aromatic carbocycles. The van der Waals surface area contributed by atoms with Crippen molar-refractivity contribution in [2.45, 2.75) is 25.8 Å². The molecule has 0 saturated heterocycles. The average Bonchev–Trinajstić information content (AvgIpc) is 2.54. The van der Waals surface area contributed by atoms with E-state index in [0.29, 0.717) is 5.56 Å². The largest absolute Gasteiger partial charge is 0.374 e. The summed E-state index contributed by atoms with van der Waals surface area (Å²) in [6.45, 7) is 3.18. The van der Waals surface area contributed by atoms with Crippen LogP contribution in [-0.4, -0.2) is 20.6 Å². The molecule has 1 unspecified atom stereocenters. The SMILES string of the molecule is CNC(C)c1ccc(F)c(-c2ccc3c(c2)CCCN3C)c1. The predicted octanol–water partition coefficient (Wildman–Crippen LogP) is 4.16. The molecule has 0 bridgehead atoms. The van der Waals surface area contributed by atoms with Crippen molar-refractivity contribution in [1.82, 2.24) is 5.32 Å². The summed E-state index contributed by atoms with van der Waals surface area (Å²) < 4.78 is 14.3. The minimum absolute atomic E-state index is 0.156. The molecule has 0 aliphatic carbocycles. The number of hydrogen-bond donors (Lipinski definition) is 1. The van der Waals surface area contributed by atoms with Crippen LogP contribution in [0.15, 0.2) is 36.4 Å². The number of nitrogens with zero attached hydrogens (tertiary/aromatic N) is 1. The summed E-state index contributed by atoms with van der Waals surface area (Å²) in [5, 5.41) is 3.21. The lowest BCUT2D eigenvalue weighted by molar-refractivity contribution is 0.622. The van der Waals surface area contributed by atoms with Crippen LogP contribution in [0.1, 0.15) is 30.5 Å². The summed E-state index contributed by atoms with van der Waals surface area (Å²) in [5.41, 5.74) is 5.36. The molecule has 2 aromatic rings. The van der Waals surface area contributed by atoms with Crippen LogP contribution in [-0.2, 0) is 6.42 Å². The molecular formula is C19H23FN2. The lowest BCUT2D eigenvalue weighted by Crippen LogP contribution is -2.24. The standard InChI is InChI=1S/C19H23FN2/c1-13(21-2)14-6-8-18(20)17(12-14)15-7-9-19-16(11-15)5-4-10-22(19)3/h6-9,11-13,21H,4-5,10H2,1-3H3. The summed E-state index contributed by atoms with van der Waals surface area (Å²) in [6, 6.07) is 11.9. The number of benzene rings is 2. The highest BCUT2D eigenvalue weighted by molar-refractivity contribution is 5.70. The van der Waals surface area contributed by atoms with Gasteiger partial charge in [-0.25, -0.2) is 4.39 Å². The van der Waals surface area contributed by atoms with E-state index < -0.39 is 0 Å². The first-order valence-electron chi connectivity index (χ1n) is 7.91. The highest BCUT2D eigenvalue weighted by atomic mass is 19.1. The van der Waals surface area contributed by atoms with Crippen molar-refractivity contribution in [3.05, 3.63) is 53.3 Å². The molecule has 0 fully saturated rings. The van der Waals surface area contributed by atoms with Crippen molar-refractivity contribution in [2.24, 2.45) is 0 Å². The van der Waals surface area contributed by atoms with E-state index in [9.17, 15) is 4.39 Å². The van der Waals surface area contributed by atoms with E-state index in [-0.39, 0.29) is 11.9 Å². The van der Waals surface area contributed by atoms with Crippen molar-refractivity contribution in [3.8, 4) is 11.1 Å². The molecule has 22 heavy (non-hydrogen) atoms. The van der Waals surface area contributed by atoms with Gasteiger partial charge < -0.3 is 10.2 Å². The predicted molar refractivity (Wildman–Crippen MR) is 90.9 cm³/mol. The summed E-state index contributed by atoms with van der Waals surface area (Å²) >= 11 is 0. The highest BCUT2D eigenvalue weighted by Crippen LogP contribution is 2.33. The van der Waals surface area contributed by atoms with E-state index in [1.165, 1.54) is 11.3 Å². The van der Waals surface area contributed by atoms with Gasteiger partial charge in [-0.15, -0.1) is 0 Å². The Morgan fingerprint density at radius 3 is 2.77 bits per heavy atom. The maximum Gasteiger partial charge on any atom is 0.131 e. The molecule has 1 heterocycles. The normalized spacial score (nSPS) is 15.5. The molecule has 0 saturated carbocycles. The van der Waals surface area contributed by atoms with E-state index in [4.69, 9.17) is 0 Å². The molecule has 1 aliphatic rings. The number of halogens is 1. The fourth-order valence-corrected chi connectivity index (χ4v) is 3.15. The van der Waals surface area contributed by atoms with Gasteiger partial charge in [-0.05, 0) is 67.8 Å². The minimum Gasteiger partial charge on any atom is -0.374 e. The molecule has 116 valence electrons. The Labute approximate surface area is 132 Å². The summed E-state index contributed by atoms with van der Waals surface area (Å²) in [5.74, 6) is -0.156. The van der Waals surface area contributed by atoms with Crippen LogP contribution in [0.4, 0.5) is 10.1 Å². The molecule has 1 atom stereocenters. The fraction of sp³-hybridized carbons (Fsp3) is 0.368. The zero-order valence-electron chi connectivity index (χ0n) is 13.5. The van der Waals surface area contributed by atoms with E-state index in [0.717, 1.165) is 30.5 Å². The molecule has 3 rings (SSSR count). The first kappa shape index (κ1) is 15.0. The van der Waals surface area contributed by atoms with Crippen molar-refractivity contribution in [1.29, 1.82) is 0 Å². The number of aryl methyl sites for hydroxylation is 1. The number of fused-ring (bicyclic) bond motifs is 1. The van der Waals surface area contributed by atoms with Crippen molar-refractivity contribution < 1.29 is 4.39 Å². The average molecular weight is 298 g/mol. The molecule has 0 amide bonds. The van der Waals surface area contributed by atoms with E-state index in [2.05, 4.69) is 36.3 Å². The van der Waals surface area contributed by atoms with Gasteiger partial charge in [0.05, 0.1) is 0 Å². The molecule has 2 nitrogen and oxygen atoms in total. The Bertz CT molecular complexity index is 681. The molecule has 1 N–H and O–H groups in total. The Hall–Kier alpha value is -1.87. The Balaban J connectivity index is 2.04. The second-order valence-electron chi connectivity index (χ2n) is 6.12. The summed E-state index contributed by atoms with van der Waals surface area (Å²) in [4.78, 5) is 2.28. The van der Waals surface area contributed by atoms with Crippen LogP contribution in [0.2, 0.25) is 0 Å². The van der Waals surface area contributed by atoms with Gasteiger partial charge in [0.1, 0.15) is 5.82 Å². The second-order valence-corrected chi connectivity index (χ2v) is 6.12. The number of rotatable bonds is 3. The second kappa shape index (κ2) is 6.09. The molecule has 0 spiro atoms. The van der Waals surface area contributed by atoms with Crippen LogP contribution < -0.4 is 10.2 Å². The third-order valence-corrected chi connectivity index (χ3v) is 4.66. The lowest BCUT2D eigenvalue weighted by atomic mass is 9.94. The maximum absolute atomic E-state index is 14.3. The Morgan fingerprint density at radius 2 is 2.00 bits per heavy atom. The van der Waals surface area contributed by atoms with Crippen LogP contribution >= 0.6 is 0 Å². The fourth-order valence-electron chi connectivity index (χ4n) is 3.15. The number of nitrogens with one attached hydrogen (secondary N) is 1. The van der Waals surface area contributed by atoms with Gasteiger partial charge in [0.2, 0.25) is 0 Å². The molecular weight excluding hydrogens is 275 g/mol.